The molecule has 0 radical (unpaired) electrons. The predicted molar refractivity (Wildman–Crippen MR) is 47.3 cm³/mol. The summed E-state index contributed by atoms with van der Waals surface area (Å²) in [5.41, 5.74) is 0.848. The number of carbonyl (C=O) groups excluding carboxylic acids is 1. The number of hydrogen-bond donors (Lipinski definition) is 0. The predicted octanol–water partition coefficient (Wildman–Crippen LogP) is 1.35. The summed E-state index contributed by atoms with van der Waals surface area (Å²) in [6, 6.07) is 0. The quantitative estimate of drug-likeness (QED) is 0.659. The van der Waals surface area contributed by atoms with Crippen LogP contribution in [0, 0.1) is 0 Å². The van der Waals surface area contributed by atoms with Gasteiger partial charge in [-0.2, -0.15) is 0 Å². The molecule has 1 aromatic rings. The van der Waals surface area contributed by atoms with E-state index in [-0.39, 0.29) is 11.8 Å². The summed E-state index contributed by atoms with van der Waals surface area (Å²) in [6.07, 6.45) is 4.96. The number of hydrogen-bond acceptors (Lipinski definition) is 4. The molecule has 1 aromatic heterocycles. The van der Waals surface area contributed by atoms with Gasteiger partial charge in [0.1, 0.15) is 0 Å². The van der Waals surface area contributed by atoms with Gasteiger partial charge in [-0.15, -0.1) is 0 Å². The molecule has 0 atom stereocenters. The summed E-state index contributed by atoms with van der Waals surface area (Å²) < 4.78 is 4.79. The number of ether oxygens (including phenoxy) is 1. The largest absolute Gasteiger partial charge is 0.406 e. The highest BCUT2D eigenvalue weighted by Gasteiger charge is 2.01. The van der Waals surface area contributed by atoms with E-state index < -0.39 is 0 Å². The molecule has 0 aliphatic carbocycles. The highest BCUT2D eigenvalue weighted by molar-refractivity contribution is 5.68. The molecule has 4 nitrogen and oxygen atoms in total. The standard InChI is InChI=1S/C9H12N2O2/c1-3-4-8-5-10-6-9(11-8)13-7(2)12/h5-6H,3-4H2,1-2H3. The van der Waals surface area contributed by atoms with Crippen molar-refractivity contribution in [2.75, 3.05) is 0 Å². The lowest BCUT2D eigenvalue weighted by atomic mass is 10.3. The SMILES string of the molecule is CCCc1cncc(OC(C)=O)n1. The number of esters is 1. The van der Waals surface area contributed by atoms with E-state index in [4.69, 9.17) is 4.74 Å². The first kappa shape index (κ1) is 9.64. The molecule has 0 aliphatic heterocycles. The summed E-state index contributed by atoms with van der Waals surface area (Å²) in [7, 11) is 0. The van der Waals surface area contributed by atoms with Crippen molar-refractivity contribution in [3.05, 3.63) is 18.1 Å². The van der Waals surface area contributed by atoms with Gasteiger partial charge in [-0.3, -0.25) is 9.78 Å². The van der Waals surface area contributed by atoms with Gasteiger partial charge >= 0.3 is 5.97 Å². The van der Waals surface area contributed by atoms with Gasteiger partial charge in [-0.25, -0.2) is 4.98 Å². The monoisotopic (exact) mass is 180 g/mol. The van der Waals surface area contributed by atoms with Crippen molar-refractivity contribution in [2.45, 2.75) is 26.7 Å². The smallest absolute Gasteiger partial charge is 0.309 e. The van der Waals surface area contributed by atoms with Crippen LogP contribution >= 0.6 is 0 Å². The number of nitrogens with zero attached hydrogens (tertiary/aromatic N) is 2. The second-order valence-electron chi connectivity index (χ2n) is 2.69. The van der Waals surface area contributed by atoms with Crippen molar-refractivity contribution in [2.24, 2.45) is 0 Å². The number of aromatic nitrogens is 2. The van der Waals surface area contributed by atoms with Crippen molar-refractivity contribution < 1.29 is 9.53 Å². The second-order valence-corrected chi connectivity index (χ2v) is 2.69. The first-order chi connectivity index (χ1) is 6.22. The zero-order valence-corrected chi connectivity index (χ0v) is 7.78. The van der Waals surface area contributed by atoms with Crippen molar-refractivity contribution in [3.8, 4) is 5.88 Å². The Bertz CT molecular complexity index is 299. The summed E-state index contributed by atoms with van der Waals surface area (Å²) in [5, 5.41) is 0. The van der Waals surface area contributed by atoms with Crippen LogP contribution in [0.25, 0.3) is 0 Å². The molecule has 0 amide bonds. The molecule has 0 fully saturated rings. The third-order valence-corrected chi connectivity index (χ3v) is 1.42. The van der Waals surface area contributed by atoms with Gasteiger partial charge in [-0.05, 0) is 6.42 Å². The summed E-state index contributed by atoms with van der Waals surface area (Å²) in [6.45, 7) is 3.40. The molecule has 0 spiro atoms. The molecule has 0 aliphatic rings. The van der Waals surface area contributed by atoms with E-state index in [2.05, 4.69) is 16.9 Å². The van der Waals surface area contributed by atoms with E-state index in [1.165, 1.54) is 13.1 Å². The molecule has 13 heavy (non-hydrogen) atoms. The fourth-order valence-electron chi connectivity index (χ4n) is 0.959. The van der Waals surface area contributed by atoms with Crippen LogP contribution < -0.4 is 4.74 Å². The molecule has 4 heteroatoms. The number of aryl methyl sites for hydroxylation is 1. The average Bonchev–Trinajstić information content (AvgIpc) is 2.04. The first-order valence-corrected chi connectivity index (χ1v) is 4.21. The van der Waals surface area contributed by atoms with Gasteiger partial charge in [0.05, 0.1) is 11.9 Å². The zero-order valence-electron chi connectivity index (χ0n) is 7.78. The van der Waals surface area contributed by atoms with E-state index in [1.807, 2.05) is 0 Å². The lowest BCUT2D eigenvalue weighted by molar-refractivity contribution is -0.132. The van der Waals surface area contributed by atoms with Gasteiger partial charge in [0.25, 0.3) is 0 Å². The Hall–Kier alpha value is -1.45. The fourth-order valence-corrected chi connectivity index (χ4v) is 0.959. The van der Waals surface area contributed by atoms with E-state index in [0.29, 0.717) is 0 Å². The Balaban J connectivity index is 2.73. The first-order valence-electron chi connectivity index (χ1n) is 4.21. The van der Waals surface area contributed by atoms with Crippen LogP contribution in [0.5, 0.6) is 5.88 Å². The van der Waals surface area contributed by atoms with Gasteiger partial charge in [-0.1, -0.05) is 13.3 Å². The molecule has 0 saturated carbocycles. The van der Waals surface area contributed by atoms with Crippen LogP contribution in [-0.2, 0) is 11.2 Å². The minimum Gasteiger partial charge on any atom is -0.406 e. The third-order valence-electron chi connectivity index (χ3n) is 1.42. The van der Waals surface area contributed by atoms with Gasteiger partial charge < -0.3 is 4.74 Å². The third kappa shape index (κ3) is 3.19. The second kappa shape index (κ2) is 4.54. The van der Waals surface area contributed by atoms with Crippen LogP contribution in [0.2, 0.25) is 0 Å². The molecule has 0 aromatic carbocycles. The van der Waals surface area contributed by atoms with Gasteiger partial charge in [0.2, 0.25) is 5.88 Å². The van der Waals surface area contributed by atoms with Gasteiger partial charge in [0.15, 0.2) is 0 Å². The molecule has 0 N–H and O–H groups in total. The van der Waals surface area contributed by atoms with E-state index in [9.17, 15) is 4.79 Å². The number of rotatable bonds is 3. The number of carbonyl (C=O) groups is 1. The molecule has 0 saturated heterocycles. The molecule has 0 unspecified atom stereocenters. The normalized spacial score (nSPS) is 9.69. The maximum atomic E-state index is 10.6. The molecule has 70 valence electrons. The zero-order chi connectivity index (χ0) is 9.68. The van der Waals surface area contributed by atoms with Crippen LogP contribution in [0.1, 0.15) is 26.0 Å². The lowest BCUT2D eigenvalue weighted by Crippen LogP contribution is -2.04. The van der Waals surface area contributed by atoms with Crippen LogP contribution in [0.15, 0.2) is 12.4 Å². The van der Waals surface area contributed by atoms with E-state index in [1.54, 1.807) is 6.20 Å². The minimum absolute atomic E-state index is 0.276. The fraction of sp³-hybridized carbons (Fsp3) is 0.444. The Morgan fingerprint density at radius 3 is 2.92 bits per heavy atom. The van der Waals surface area contributed by atoms with Crippen molar-refractivity contribution in [1.82, 2.24) is 9.97 Å². The molecular formula is C9H12N2O2. The summed E-state index contributed by atoms with van der Waals surface area (Å²) in [4.78, 5) is 18.6. The molecule has 1 heterocycles. The molecule has 1 rings (SSSR count). The molecule has 0 bridgehead atoms. The highest BCUT2D eigenvalue weighted by atomic mass is 16.5. The van der Waals surface area contributed by atoms with Crippen LogP contribution in [-0.4, -0.2) is 15.9 Å². The van der Waals surface area contributed by atoms with Crippen LogP contribution in [0.3, 0.4) is 0 Å². The molecular weight excluding hydrogens is 168 g/mol. The van der Waals surface area contributed by atoms with E-state index in [0.717, 1.165) is 18.5 Å². The Morgan fingerprint density at radius 2 is 2.31 bits per heavy atom. The van der Waals surface area contributed by atoms with Crippen molar-refractivity contribution in [1.29, 1.82) is 0 Å². The maximum Gasteiger partial charge on any atom is 0.309 e. The average molecular weight is 180 g/mol. The Kier molecular flexibility index (Phi) is 3.37. The Labute approximate surface area is 77.0 Å². The van der Waals surface area contributed by atoms with E-state index >= 15 is 0 Å². The maximum absolute atomic E-state index is 10.6. The minimum atomic E-state index is -0.372. The topological polar surface area (TPSA) is 52.1 Å². The van der Waals surface area contributed by atoms with Crippen molar-refractivity contribution in [3.63, 3.8) is 0 Å². The Morgan fingerprint density at radius 1 is 1.54 bits per heavy atom. The van der Waals surface area contributed by atoms with Crippen LogP contribution in [0.4, 0.5) is 0 Å². The lowest BCUT2D eigenvalue weighted by Gasteiger charge is -2.01. The summed E-state index contributed by atoms with van der Waals surface area (Å²) in [5.74, 6) is -0.0959. The van der Waals surface area contributed by atoms with Crippen molar-refractivity contribution >= 4 is 5.97 Å². The summed E-state index contributed by atoms with van der Waals surface area (Å²) >= 11 is 0. The van der Waals surface area contributed by atoms with Gasteiger partial charge in [0, 0.05) is 13.1 Å². The highest BCUT2D eigenvalue weighted by Crippen LogP contribution is 2.06.